The standard InChI is InChI=1S/C15H20FNO3/c1-15(2,17-6-8-20-9-7-17)14(18)12-5-4-11(19-3)10-13(12)16/h4-5,10H,6-9H2,1-3H3. The molecule has 1 aromatic rings. The Morgan fingerprint density at radius 2 is 2.00 bits per heavy atom. The van der Waals surface area contributed by atoms with E-state index in [2.05, 4.69) is 0 Å². The third kappa shape index (κ3) is 2.83. The first-order chi connectivity index (χ1) is 9.46. The Morgan fingerprint density at radius 3 is 2.55 bits per heavy atom. The molecule has 5 heteroatoms. The Bertz CT molecular complexity index is 496. The topological polar surface area (TPSA) is 38.8 Å². The van der Waals surface area contributed by atoms with Crippen molar-refractivity contribution < 1.29 is 18.7 Å². The second kappa shape index (κ2) is 5.89. The van der Waals surface area contributed by atoms with Gasteiger partial charge in [0.15, 0.2) is 5.78 Å². The lowest BCUT2D eigenvalue weighted by Crippen LogP contribution is -2.54. The number of ether oxygens (including phenoxy) is 2. The smallest absolute Gasteiger partial charge is 0.185 e. The summed E-state index contributed by atoms with van der Waals surface area (Å²) >= 11 is 0. The largest absolute Gasteiger partial charge is 0.497 e. The molecule has 0 spiro atoms. The lowest BCUT2D eigenvalue weighted by Gasteiger charge is -2.39. The van der Waals surface area contributed by atoms with Crippen LogP contribution in [0.4, 0.5) is 4.39 Å². The summed E-state index contributed by atoms with van der Waals surface area (Å²) in [6.07, 6.45) is 0. The van der Waals surface area contributed by atoms with Crippen LogP contribution in [-0.2, 0) is 4.74 Å². The first-order valence-corrected chi connectivity index (χ1v) is 6.68. The van der Waals surface area contributed by atoms with Crippen molar-refractivity contribution in [3.05, 3.63) is 29.6 Å². The van der Waals surface area contributed by atoms with Gasteiger partial charge in [-0.05, 0) is 26.0 Å². The summed E-state index contributed by atoms with van der Waals surface area (Å²) in [6.45, 7) is 6.20. The van der Waals surface area contributed by atoms with Crippen molar-refractivity contribution in [2.24, 2.45) is 0 Å². The minimum absolute atomic E-state index is 0.0993. The van der Waals surface area contributed by atoms with Gasteiger partial charge in [0.25, 0.3) is 0 Å². The van der Waals surface area contributed by atoms with Gasteiger partial charge in [0, 0.05) is 19.2 Å². The molecule has 0 amide bonds. The van der Waals surface area contributed by atoms with Gasteiger partial charge in [-0.25, -0.2) is 4.39 Å². The quantitative estimate of drug-likeness (QED) is 0.793. The van der Waals surface area contributed by atoms with Crippen LogP contribution in [0.1, 0.15) is 24.2 Å². The van der Waals surface area contributed by atoms with Crippen LogP contribution in [0.3, 0.4) is 0 Å². The molecule has 2 rings (SSSR count). The van der Waals surface area contributed by atoms with Gasteiger partial charge in [-0.1, -0.05) is 0 Å². The summed E-state index contributed by atoms with van der Waals surface area (Å²) in [7, 11) is 1.47. The number of carbonyl (C=O) groups is 1. The summed E-state index contributed by atoms with van der Waals surface area (Å²) < 4.78 is 24.3. The SMILES string of the molecule is COc1ccc(C(=O)C(C)(C)N2CCOCC2)c(F)c1. The van der Waals surface area contributed by atoms with Crippen molar-refractivity contribution in [1.29, 1.82) is 0 Å². The van der Waals surface area contributed by atoms with Crippen LogP contribution < -0.4 is 4.74 Å². The number of carbonyl (C=O) groups excluding carboxylic acids is 1. The molecule has 1 aliphatic rings. The average Bonchev–Trinajstić information content (AvgIpc) is 2.47. The zero-order valence-electron chi connectivity index (χ0n) is 12.1. The summed E-state index contributed by atoms with van der Waals surface area (Å²) in [6, 6.07) is 4.33. The molecule has 1 aromatic carbocycles. The third-order valence-electron chi connectivity index (χ3n) is 3.78. The van der Waals surface area contributed by atoms with E-state index in [4.69, 9.17) is 9.47 Å². The van der Waals surface area contributed by atoms with E-state index in [0.717, 1.165) is 0 Å². The number of benzene rings is 1. The molecule has 0 radical (unpaired) electrons. The molecule has 1 heterocycles. The molecule has 4 nitrogen and oxygen atoms in total. The number of ketones is 1. The van der Waals surface area contributed by atoms with Gasteiger partial charge in [0.05, 0.1) is 31.4 Å². The second-order valence-electron chi connectivity index (χ2n) is 5.33. The van der Waals surface area contributed by atoms with Crippen molar-refractivity contribution in [2.75, 3.05) is 33.4 Å². The predicted molar refractivity (Wildman–Crippen MR) is 73.8 cm³/mol. The highest BCUT2D eigenvalue weighted by Gasteiger charge is 2.37. The fourth-order valence-electron chi connectivity index (χ4n) is 2.40. The Morgan fingerprint density at radius 1 is 1.35 bits per heavy atom. The van der Waals surface area contributed by atoms with Crippen LogP contribution in [0.25, 0.3) is 0 Å². The van der Waals surface area contributed by atoms with E-state index in [1.54, 1.807) is 6.07 Å². The van der Waals surface area contributed by atoms with E-state index < -0.39 is 11.4 Å². The highest BCUT2D eigenvalue weighted by atomic mass is 19.1. The molecule has 0 unspecified atom stereocenters. The van der Waals surface area contributed by atoms with E-state index >= 15 is 0 Å². The molecular weight excluding hydrogens is 261 g/mol. The van der Waals surface area contributed by atoms with Gasteiger partial charge in [-0.2, -0.15) is 0 Å². The zero-order chi connectivity index (χ0) is 14.8. The molecule has 0 atom stereocenters. The molecule has 110 valence electrons. The van der Waals surface area contributed by atoms with Gasteiger partial charge in [0.1, 0.15) is 11.6 Å². The van der Waals surface area contributed by atoms with Crippen molar-refractivity contribution >= 4 is 5.78 Å². The lowest BCUT2D eigenvalue weighted by molar-refractivity contribution is -0.00443. The number of methoxy groups -OCH3 is 1. The van der Waals surface area contributed by atoms with Crippen LogP contribution in [0.5, 0.6) is 5.75 Å². The fraction of sp³-hybridized carbons (Fsp3) is 0.533. The van der Waals surface area contributed by atoms with Crippen molar-refractivity contribution in [2.45, 2.75) is 19.4 Å². The highest BCUT2D eigenvalue weighted by Crippen LogP contribution is 2.25. The minimum Gasteiger partial charge on any atom is -0.497 e. The van der Waals surface area contributed by atoms with Gasteiger partial charge in [0.2, 0.25) is 0 Å². The maximum Gasteiger partial charge on any atom is 0.185 e. The maximum absolute atomic E-state index is 14.0. The Kier molecular flexibility index (Phi) is 4.40. The van der Waals surface area contributed by atoms with E-state index in [1.807, 2.05) is 18.7 Å². The fourth-order valence-corrected chi connectivity index (χ4v) is 2.40. The maximum atomic E-state index is 14.0. The summed E-state index contributed by atoms with van der Waals surface area (Å²) in [4.78, 5) is 14.7. The summed E-state index contributed by atoms with van der Waals surface area (Å²) in [5, 5.41) is 0. The summed E-state index contributed by atoms with van der Waals surface area (Å²) in [5.41, 5.74) is -0.651. The highest BCUT2D eigenvalue weighted by molar-refractivity contribution is 6.03. The Hall–Kier alpha value is -1.46. The first kappa shape index (κ1) is 14.9. The van der Waals surface area contributed by atoms with Crippen LogP contribution in [0.15, 0.2) is 18.2 Å². The Labute approximate surface area is 118 Å². The van der Waals surface area contributed by atoms with Gasteiger partial charge in [-0.3, -0.25) is 9.69 Å². The van der Waals surface area contributed by atoms with E-state index in [0.29, 0.717) is 32.1 Å². The molecule has 0 N–H and O–H groups in total. The number of hydrogen-bond donors (Lipinski definition) is 0. The molecule has 20 heavy (non-hydrogen) atoms. The third-order valence-corrected chi connectivity index (χ3v) is 3.78. The van der Waals surface area contributed by atoms with Crippen LogP contribution >= 0.6 is 0 Å². The molecule has 0 aliphatic carbocycles. The average molecular weight is 281 g/mol. The number of Topliss-reactive ketones (excluding diaryl/α,β-unsaturated/α-hetero) is 1. The van der Waals surface area contributed by atoms with Crippen molar-refractivity contribution in [1.82, 2.24) is 4.90 Å². The van der Waals surface area contributed by atoms with Crippen LogP contribution in [-0.4, -0.2) is 49.6 Å². The van der Waals surface area contributed by atoms with Crippen molar-refractivity contribution in [3.8, 4) is 5.75 Å². The predicted octanol–water partition coefficient (Wildman–Crippen LogP) is 2.13. The molecule has 0 aromatic heterocycles. The Balaban J connectivity index is 2.25. The molecule has 0 saturated carbocycles. The van der Waals surface area contributed by atoms with E-state index in [-0.39, 0.29) is 11.3 Å². The molecular formula is C15H20FNO3. The van der Waals surface area contributed by atoms with Crippen LogP contribution in [0, 0.1) is 5.82 Å². The van der Waals surface area contributed by atoms with Gasteiger partial charge < -0.3 is 9.47 Å². The number of halogens is 1. The molecule has 0 bridgehead atoms. The van der Waals surface area contributed by atoms with Gasteiger partial charge >= 0.3 is 0 Å². The lowest BCUT2D eigenvalue weighted by atomic mass is 9.90. The van der Waals surface area contributed by atoms with E-state index in [9.17, 15) is 9.18 Å². The molecule has 1 fully saturated rings. The van der Waals surface area contributed by atoms with Gasteiger partial charge in [-0.15, -0.1) is 0 Å². The number of nitrogens with zero attached hydrogens (tertiary/aromatic N) is 1. The summed E-state index contributed by atoms with van der Waals surface area (Å²) in [5.74, 6) is -0.363. The number of rotatable bonds is 4. The zero-order valence-corrected chi connectivity index (χ0v) is 12.1. The van der Waals surface area contributed by atoms with E-state index in [1.165, 1.54) is 19.2 Å². The molecule has 1 aliphatic heterocycles. The van der Waals surface area contributed by atoms with Crippen molar-refractivity contribution in [3.63, 3.8) is 0 Å². The normalized spacial score (nSPS) is 17.0. The number of morpholine rings is 1. The second-order valence-corrected chi connectivity index (χ2v) is 5.33. The monoisotopic (exact) mass is 281 g/mol. The van der Waals surface area contributed by atoms with Crippen LogP contribution in [0.2, 0.25) is 0 Å². The minimum atomic E-state index is -0.751. The first-order valence-electron chi connectivity index (χ1n) is 6.68. The molecule has 1 saturated heterocycles. The number of hydrogen-bond acceptors (Lipinski definition) is 4.